The van der Waals surface area contributed by atoms with Crippen molar-refractivity contribution in [2.45, 2.75) is 32.8 Å². The number of aromatic carboxylic acids is 1. The number of aromatic nitrogens is 1. The third-order valence-corrected chi connectivity index (χ3v) is 4.77. The number of anilines is 1. The molecule has 1 fully saturated rings. The van der Waals surface area contributed by atoms with Crippen LogP contribution in [0.25, 0.3) is 0 Å². The number of ether oxygens (including phenoxy) is 1. The molecule has 106 valence electrons. The lowest BCUT2D eigenvalue weighted by Gasteiger charge is -2.31. The Morgan fingerprint density at radius 2 is 2.21 bits per heavy atom. The van der Waals surface area contributed by atoms with Crippen LogP contribution in [0.1, 0.15) is 41.6 Å². The van der Waals surface area contributed by atoms with Crippen LogP contribution in [0.15, 0.2) is 0 Å². The first kappa shape index (κ1) is 14.3. The van der Waals surface area contributed by atoms with E-state index in [0.29, 0.717) is 10.6 Å². The molecule has 5 nitrogen and oxygen atoms in total. The average Bonchev–Trinajstić information content (AvgIpc) is 2.83. The van der Waals surface area contributed by atoms with Gasteiger partial charge in [-0.3, -0.25) is 0 Å². The largest absolute Gasteiger partial charge is 0.477 e. The second-order valence-corrected chi connectivity index (χ2v) is 5.83. The van der Waals surface area contributed by atoms with Gasteiger partial charge in [0.05, 0.1) is 12.3 Å². The highest BCUT2D eigenvalue weighted by Gasteiger charge is 2.24. The van der Waals surface area contributed by atoms with Crippen molar-refractivity contribution < 1.29 is 14.6 Å². The number of methoxy groups -OCH3 is 1. The van der Waals surface area contributed by atoms with E-state index in [4.69, 9.17) is 4.74 Å². The quantitative estimate of drug-likeness (QED) is 0.900. The van der Waals surface area contributed by atoms with Crippen molar-refractivity contribution in [3.05, 3.63) is 10.6 Å². The summed E-state index contributed by atoms with van der Waals surface area (Å²) in [6.45, 7) is 4.42. The molecule has 0 saturated carbocycles. The van der Waals surface area contributed by atoms with Crippen LogP contribution >= 0.6 is 11.3 Å². The summed E-state index contributed by atoms with van der Waals surface area (Å²) < 4.78 is 5.02. The van der Waals surface area contributed by atoms with Crippen LogP contribution in [0, 0.1) is 5.92 Å². The highest BCUT2D eigenvalue weighted by Crippen LogP contribution is 2.30. The maximum absolute atomic E-state index is 11.2. The van der Waals surface area contributed by atoms with E-state index in [1.807, 2.05) is 0 Å². The molecule has 0 radical (unpaired) electrons. The van der Waals surface area contributed by atoms with E-state index in [9.17, 15) is 9.90 Å². The number of piperidine rings is 1. The van der Waals surface area contributed by atoms with Gasteiger partial charge in [0.2, 0.25) is 0 Å². The van der Waals surface area contributed by atoms with Gasteiger partial charge in [0.1, 0.15) is 4.88 Å². The van der Waals surface area contributed by atoms with Crippen molar-refractivity contribution >= 4 is 22.4 Å². The highest BCUT2D eigenvalue weighted by atomic mass is 32.1. The topological polar surface area (TPSA) is 62.7 Å². The van der Waals surface area contributed by atoms with Gasteiger partial charge < -0.3 is 14.7 Å². The first-order chi connectivity index (χ1) is 9.15. The summed E-state index contributed by atoms with van der Waals surface area (Å²) in [6.07, 6.45) is 3.55. The fraction of sp³-hybridized carbons (Fsp3) is 0.692. The first-order valence-electron chi connectivity index (χ1n) is 6.62. The van der Waals surface area contributed by atoms with Crippen molar-refractivity contribution in [1.29, 1.82) is 0 Å². The Hall–Kier alpha value is -1.14. The lowest BCUT2D eigenvalue weighted by molar-refractivity contribution is 0.0697. The van der Waals surface area contributed by atoms with Gasteiger partial charge in [0.25, 0.3) is 0 Å². The molecule has 1 aliphatic rings. The molecule has 1 aromatic rings. The van der Waals surface area contributed by atoms with Gasteiger partial charge in [-0.25, -0.2) is 9.78 Å². The van der Waals surface area contributed by atoms with Crippen molar-refractivity contribution in [3.63, 3.8) is 0 Å². The Kier molecular flexibility index (Phi) is 4.76. The Bertz CT molecular complexity index is 439. The molecule has 0 unspecified atom stereocenters. The lowest BCUT2D eigenvalue weighted by Crippen LogP contribution is -2.33. The Balaban J connectivity index is 2.12. The SMILES string of the molecule is CCC1CCN(c2nc(COC)c(C(=O)O)s2)CC1. The maximum atomic E-state index is 11.2. The van der Waals surface area contributed by atoms with Crippen LogP contribution in [0.5, 0.6) is 0 Å². The Labute approximate surface area is 117 Å². The first-order valence-corrected chi connectivity index (χ1v) is 7.44. The standard InChI is InChI=1S/C13H20N2O3S/c1-3-9-4-6-15(7-5-9)13-14-10(8-18-2)11(19-13)12(16)17/h9H,3-8H2,1-2H3,(H,16,17). The molecule has 0 atom stereocenters. The summed E-state index contributed by atoms with van der Waals surface area (Å²) in [6, 6.07) is 0. The third kappa shape index (κ3) is 3.25. The van der Waals surface area contributed by atoms with Crippen LogP contribution in [0.2, 0.25) is 0 Å². The fourth-order valence-corrected chi connectivity index (χ4v) is 3.37. The second-order valence-electron chi connectivity index (χ2n) is 4.85. The van der Waals surface area contributed by atoms with Crippen molar-refractivity contribution in [2.75, 3.05) is 25.1 Å². The van der Waals surface area contributed by atoms with Gasteiger partial charge in [-0.05, 0) is 18.8 Å². The number of carboxylic acids is 1. The maximum Gasteiger partial charge on any atom is 0.347 e. The van der Waals surface area contributed by atoms with E-state index in [0.717, 1.165) is 37.0 Å². The molecular weight excluding hydrogens is 264 g/mol. The molecule has 19 heavy (non-hydrogen) atoms. The normalized spacial score (nSPS) is 16.8. The van der Waals surface area contributed by atoms with Crippen LogP contribution in [0.3, 0.4) is 0 Å². The van der Waals surface area contributed by atoms with Gasteiger partial charge in [-0.2, -0.15) is 0 Å². The van der Waals surface area contributed by atoms with E-state index in [-0.39, 0.29) is 6.61 Å². The van der Waals surface area contributed by atoms with E-state index < -0.39 is 5.97 Å². The highest BCUT2D eigenvalue weighted by molar-refractivity contribution is 7.17. The molecule has 0 bridgehead atoms. The molecular formula is C13H20N2O3S. The summed E-state index contributed by atoms with van der Waals surface area (Å²) >= 11 is 1.26. The molecule has 0 amide bonds. The molecule has 1 aromatic heterocycles. The smallest absolute Gasteiger partial charge is 0.347 e. The predicted octanol–water partition coefficient (Wildman–Crippen LogP) is 2.61. The lowest BCUT2D eigenvalue weighted by atomic mass is 9.95. The number of nitrogens with zero attached hydrogens (tertiary/aromatic N) is 2. The van der Waals surface area contributed by atoms with E-state index in [2.05, 4.69) is 16.8 Å². The number of thiazole rings is 1. The van der Waals surface area contributed by atoms with Gasteiger partial charge in [0, 0.05) is 20.2 Å². The second kappa shape index (κ2) is 6.34. The van der Waals surface area contributed by atoms with Crippen LogP contribution in [0.4, 0.5) is 5.13 Å². The van der Waals surface area contributed by atoms with Crippen LogP contribution in [-0.4, -0.2) is 36.3 Å². The van der Waals surface area contributed by atoms with E-state index >= 15 is 0 Å². The minimum absolute atomic E-state index is 0.254. The summed E-state index contributed by atoms with van der Waals surface area (Å²) in [7, 11) is 1.55. The molecule has 1 N–H and O–H groups in total. The van der Waals surface area contributed by atoms with Gasteiger partial charge in [-0.15, -0.1) is 0 Å². The predicted molar refractivity (Wildman–Crippen MR) is 75.0 cm³/mol. The van der Waals surface area contributed by atoms with Crippen molar-refractivity contribution in [2.24, 2.45) is 5.92 Å². The Morgan fingerprint density at radius 1 is 1.53 bits per heavy atom. The summed E-state index contributed by atoms with van der Waals surface area (Å²) in [5, 5.41) is 10.00. The Morgan fingerprint density at radius 3 is 2.74 bits per heavy atom. The summed E-state index contributed by atoms with van der Waals surface area (Å²) in [4.78, 5) is 18.1. The molecule has 6 heteroatoms. The number of rotatable bonds is 5. The fourth-order valence-electron chi connectivity index (χ4n) is 2.41. The zero-order valence-corrected chi connectivity index (χ0v) is 12.2. The number of carbonyl (C=O) groups is 1. The molecule has 0 aromatic carbocycles. The summed E-state index contributed by atoms with van der Waals surface area (Å²) in [5.74, 6) is -0.118. The summed E-state index contributed by atoms with van der Waals surface area (Å²) in [5.41, 5.74) is 0.535. The third-order valence-electron chi connectivity index (χ3n) is 3.62. The van der Waals surface area contributed by atoms with Crippen LogP contribution in [-0.2, 0) is 11.3 Å². The van der Waals surface area contributed by atoms with Gasteiger partial charge in [-0.1, -0.05) is 24.7 Å². The molecule has 0 aliphatic carbocycles. The van der Waals surface area contributed by atoms with Crippen LogP contribution < -0.4 is 4.90 Å². The minimum atomic E-state index is -0.917. The molecule has 1 saturated heterocycles. The van der Waals surface area contributed by atoms with E-state index in [1.54, 1.807) is 7.11 Å². The average molecular weight is 284 g/mol. The van der Waals surface area contributed by atoms with E-state index in [1.165, 1.54) is 17.8 Å². The number of hydrogen-bond donors (Lipinski definition) is 1. The van der Waals surface area contributed by atoms with Gasteiger partial charge in [0.15, 0.2) is 5.13 Å². The monoisotopic (exact) mass is 284 g/mol. The van der Waals surface area contributed by atoms with Crippen molar-refractivity contribution in [3.8, 4) is 0 Å². The molecule has 0 spiro atoms. The minimum Gasteiger partial charge on any atom is -0.477 e. The molecule has 1 aliphatic heterocycles. The zero-order valence-electron chi connectivity index (χ0n) is 11.4. The number of carboxylic acid groups (broad SMARTS) is 1. The molecule has 2 heterocycles. The van der Waals surface area contributed by atoms with Crippen molar-refractivity contribution in [1.82, 2.24) is 4.98 Å². The zero-order chi connectivity index (χ0) is 13.8. The number of hydrogen-bond acceptors (Lipinski definition) is 5. The van der Waals surface area contributed by atoms with Gasteiger partial charge >= 0.3 is 5.97 Å². The molecule has 2 rings (SSSR count).